The number of rotatable bonds is 3. The van der Waals surface area contributed by atoms with Crippen molar-refractivity contribution in [1.29, 1.82) is 0 Å². The standard InChI is InChI=1S/C14H16N2O2S/c1-17-12-6-9-10(7-13(12)18-2)16-11(8-15-9)14-4-3-5-19-14/h3-7,11,15-16H,8H2,1-2H3. The smallest absolute Gasteiger partial charge is 0.162 e. The van der Waals surface area contributed by atoms with Gasteiger partial charge in [-0.2, -0.15) is 0 Å². The first-order valence-corrected chi connectivity index (χ1v) is 6.99. The van der Waals surface area contributed by atoms with E-state index in [0.29, 0.717) is 6.04 Å². The van der Waals surface area contributed by atoms with Crippen LogP contribution >= 0.6 is 11.3 Å². The number of fused-ring (bicyclic) bond motifs is 1. The van der Waals surface area contributed by atoms with E-state index < -0.39 is 0 Å². The predicted molar refractivity (Wildman–Crippen MR) is 78.7 cm³/mol. The largest absolute Gasteiger partial charge is 0.493 e. The summed E-state index contributed by atoms with van der Waals surface area (Å²) in [6.07, 6.45) is 0. The topological polar surface area (TPSA) is 42.5 Å². The quantitative estimate of drug-likeness (QED) is 0.902. The number of anilines is 2. The van der Waals surface area contributed by atoms with Crippen molar-refractivity contribution in [2.24, 2.45) is 0 Å². The van der Waals surface area contributed by atoms with E-state index in [0.717, 1.165) is 29.4 Å². The van der Waals surface area contributed by atoms with Gasteiger partial charge in [0.25, 0.3) is 0 Å². The third-order valence-corrected chi connectivity index (χ3v) is 4.22. The lowest BCUT2D eigenvalue weighted by molar-refractivity contribution is 0.355. The highest BCUT2D eigenvalue weighted by Gasteiger charge is 2.21. The molecule has 0 bridgehead atoms. The van der Waals surface area contributed by atoms with Crippen molar-refractivity contribution in [3.8, 4) is 11.5 Å². The molecular formula is C14H16N2O2S. The lowest BCUT2D eigenvalue weighted by Crippen LogP contribution is -2.25. The first kappa shape index (κ1) is 12.2. The fourth-order valence-electron chi connectivity index (χ4n) is 2.26. The zero-order valence-electron chi connectivity index (χ0n) is 10.9. The van der Waals surface area contributed by atoms with Gasteiger partial charge < -0.3 is 20.1 Å². The number of hydrogen-bond acceptors (Lipinski definition) is 5. The maximum atomic E-state index is 5.34. The zero-order valence-corrected chi connectivity index (χ0v) is 11.7. The van der Waals surface area contributed by atoms with Gasteiger partial charge >= 0.3 is 0 Å². The van der Waals surface area contributed by atoms with Gasteiger partial charge in [0, 0.05) is 23.6 Å². The SMILES string of the molecule is COc1cc2c(cc1OC)NC(c1cccs1)CN2. The van der Waals surface area contributed by atoms with Crippen LogP contribution < -0.4 is 20.1 Å². The molecule has 0 saturated heterocycles. The Bertz CT molecular complexity index is 569. The monoisotopic (exact) mass is 276 g/mol. The molecule has 4 nitrogen and oxygen atoms in total. The molecule has 2 N–H and O–H groups in total. The molecule has 1 aromatic carbocycles. The van der Waals surface area contributed by atoms with Gasteiger partial charge in [-0.1, -0.05) is 6.07 Å². The van der Waals surface area contributed by atoms with Gasteiger partial charge in [0.15, 0.2) is 11.5 Å². The summed E-state index contributed by atoms with van der Waals surface area (Å²) in [5.41, 5.74) is 2.09. The van der Waals surface area contributed by atoms with Crippen LogP contribution in [0.15, 0.2) is 29.6 Å². The normalized spacial score (nSPS) is 17.1. The Balaban J connectivity index is 1.92. The molecule has 0 fully saturated rings. The van der Waals surface area contributed by atoms with Gasteiger partial charge in [-0.05, 0) is 11.4 Å². The van der Waals surface area contributed by atoms with Crippen LogP contribution in [-0.4, -0.2) is 20.8 Å². The molecule has 0 saturated carbocycles. The minimum Gasteiger partial charge on any atom is -0.493 e. The Morgan fingerprint density at radius 3 is 2.53 bits per heavy atom. The molecule has 19 heavy (non-hydrogen) atoms. The number of nitrogens with one attached hydrogen (secondary N) is 2. The van der Waals surface area contributed by atoms with Crippen LogP contribution in [0.5, 0.6) is 11.5 Å². The van der Waals surface area contributed by atoms with Gasteiger partial charge in [-0.25, -0.2) is 0 Å². The van der Waals surface area contributed by atoms with Crippen molar-refractivity contribution in [3.05, 3.63) is 34.5 Å². The Labute approximate surface area is 116 Å². The average molecular weight is 276 g/mol. The molecule has 0 radical (unpaired) electrons. The van der Waals surface area contributed by atoms with Crippen LogP contribution in [0.25, 0.3) is 0 Å². The minimum atomic E-state index is 0.297. The molecule has 0 aliphatic carbocycles. The summed E-state index contributed by atoms with van der Waals surface area (Å²) in [4.78, 5) is 1.33. The zero-order chi connectivity index (χ0) is 13.2. The van der Waals surface area contributed by atoms with E-state index in [2.05, 4.69) is 28.1 Å². The van der Waals surface area contributed by atoms with Crippen molar-refractivity contribution < 1.29 is 9.47 Å². The molecule has 3 rings (SSSR count). The fraction of sp³-hybridized carbons (Fsp3) is 0.286. The van der Waals surface area contributed by atoms with Gasteiger partial charge in [-0.3, -0.25) is 0 Å². The Morgan fingerprint density at radius 2 is 1.89 bits per heavy atom. The summed E-state index contributed by atoms with van der Waals surface area (Å²) in [5, 5.41) is 9.07. The molecule has 2 heterocycles. The van der Waals surface area contributed by atoms with E-state index in [1.807, 2.05) is 12.1 Å². The maximum absolute atomic E-state index is 5.34. The second-order valence-electron chi connectivity index (χ2n) is 4.35. The summed E-state index contributed by atoms with van der Waals surface area (Å²) in [5.74, 6) is 1.48. The van der Waals surface area contributed by atoms with Crippen LogP contribution in [0.1, 0.15) is 10.9 Å². The second kappa shape index (κ2) is 5.01. The van der Waals surface area contributed by atoms with Crippen LogP contribution in [0.4, 0.5) is 11.4 Å². The highest BCUT2D eigenvalue weighted by Crippen LogP contribution is 2.40. The molecule has 1 atom stereocenters. The van der Waals surface area contributed by atoms with Crippen LogP contribution in [0.2, 0.25) is 0 Å². The summed E-state index contributed by atoms with van der Waals surface area (Å²) >= 11 is 1.76. The Hall–Kier alpha value is -1.88. The van der Waals surface area contributed by atoms with Crippen molar-refractivity contribution >= 4 is 22.7 Å². The first-order chi connectivity index (χ1) is 9.31. The first-order valence-electron chi connectivity index (χ1n) is 6.11. The predicted octanol–water partition coefficient (Wildman–Crippen LogP) is 3.34. The van der Waals surface area contributed by atoms with Gasteiger partial charge in [0.05, 0.1) is 31.6 Å². The minimum absolute atomic E-state index is 0.297. The molecule has 1 aliphatic heterocycles. The molecule has 5 heteroatoms. The maximum Gasteiger partial charge on any atom is 0.162 e. The van der Waals surface area contributed by atoms with E-state index in [9.17, 15) is 0 Å². The number of ether oxygens (including phenoxy) is 2. The van der Waals surface area contributed by atoms with Crippen LogP contribution in [0, 0.1) is 0 Å². The number of hydrogen-bond donors (Lipinski definition) is 2. The van der Waals surface area contributed by atoms with E-state index >= 15 is 0 Å². The Kier molecular flexibility index (Phi) is 3.21. The van der Waals surface area contributed by atoms with Crippen LogP contribution in [-0.2, 0) is 0 Å². The summed E-state index contributed by atoms with van der Waals surface area (Å²) in [6.45, 7) is 0.864. The van der Waals surface area contributed by atoms with Crippen molar-refractivity contribution in [3.63, 3.8) is 0 Å². The molecular weight excluding hydrogens is 260 g/mol. The lowest BCUT2D eigenvalue weighted by atomic mass is 10.1. The Morgan fingerprint density at radius 1 is 1.16 bits per heavy atom. The second-order valence-corrected chi connectivity index (χ2v) is 5.33. The number of thiophene rings is 1. The van der Waals surface area contributed by atoms with E-state index in [4.69, 9.17) is 9.47 Å². The summed E-state index contributed by atoms with van der Waals surface area (Å²) in [6, 6.07) is 8.46. The van der Waals surface area contributed by atoms with Crippen LogP contribution in [0.3, 0.4) is 0 Å². The van der Waals surface area contributed by atoms with Gasteiger partial charge in [0.1, 0.15) is 0 Å². The number of methoxy groups -OCH3 is 2. The highest BCUT2D eigenvalue weighted by atomic mass is 32.1. The molecule has 0 spiro atoms. The van der Waals surface area contributed by atoms with Crippen molar-refractivity contribution in [2.45, 2.75) is 6.04 Å². The van der Waals surface area contributed by atoms with Crippen molar-refractivity contribution in [2.75, 3.05) is 31.4 Å². The third-order valence-electron chi connectivity index (χ3n) is 3.24. The molecule has 2 aromatic rings. The average Bonchev–Trinajstić information content (AvgIpc) is 2.99. The fourth-order valence-corrected chi connectivity index (χ4v) is 3.03. The molecule has 0 amide bonds. The molecule has 1 aromatic heterocycles. The van der Waals surface area contributed by atoms with E-state index in [1.54, 1.807) is 25.6 Å². The van der Waals surface area contributed by atoms with Gasteiger partial charge in [0.2, 0.25) is 0 Å². The molecule has 1 aliphatic rings. The van der Waals surface area contributed by atoms with E-state index in [1.165, 1.54) is 4.88 Å². The highest BCUT2D eigenvalue weighted by molar-refractivity contribution is 7.10. The summed E-state index contributed by atoms with van der Waals surface area (Å²) < 4.78 is 10.6. The third kappa shape index (κ3) is 2.21. The summed E-state index contributed by atoms with van der Waals surface area (Å²) in [7, 11) is 3.30. The number of benzene rings is 1. The van der Waals surface area contributed by atoms with E-state index in [-0.39, 0.29) is 0 Å². The van der Waals surface area contributed by atoms with Crippen molar-refractivity contribution in [1.82, 2.24) is 0 Å². The molecule has 100 valence electrons. The van der Waals surface area contributed by atoms with Gasteiger partial charge in [-0.15, -0.1) is 11.3 Å². The molecule has 1 unspecified atom stereocenters. The lowest BCUT2D eigenvalue weighted by Gasteiger charge is -2.28.